The average Bonchev–Trinajstić information content (AvgIpc) is 2.30. The Bertz CT molecular complexity index is 388. The van der Waals surface area contributed by atoms with Crippen molar-refractivity contribution in [3.8, 4) is 0 Å². The van der Waals surface area contributed by atoms with Crippen LogP contribution in [0.4, 0.5) is 11.8 Å². The van der Waals surface area contributed by atoms with Gasteiger partial charge in [0, 0.05) is 12.7 Å². The van der Waals surface area contributed by atoms with Crippen LogP contribution in [0, 0.1) is 5.92 Å². The molecule has 94 valence electrons. The van der Waals surface area contributed by atoms with Crippen molar-refractivity contribution in [1.29, 1.82) is 0 Å². The molecule has 1 saturated carbocycles. The van der Waals surface area contributed by atoms with Gasteiger partial charge in [0.05, 0.1) is 10.6 Å². The number of aliphatic hydroxyl groups excluding tert-OH is 1. The molecule has 4 N–H and O–H groups in total. The highest BCUT2D eigenvalue weighted by Gasteiger charge is 2.20. The third kappa shape index (κ3) is 3.54. The Morgan fingerprint density at radius 1 is 1.53 bits per heavy atom. The summed E-state index contributed by atoms with van der Waals surface area (Å²) in [5.41, 5.74) is 5.54. The Hall–Kier alpha value is -0.880. The van der Waals surface area contributed by atoms with Gasteiger partial charge in [0.15, 0.2) is 0 Å². The number of anilines is 2. The molecule has 0 radical (unpaired) electrons. The molecule has 1 fully saturated rings. The van der Waals surface area contributed by atoms with E-state index < -0.39 is 0 Å². The predicted octanol–water partition coefficient (Wildman–Crippen LogP) is 1.78. The van der Waals surface area contributed by atoms with Gasteiger partial charge in [-0.15, -0.1) is 0 Å². The first-order chi connectivity index (χ1) is 8.15. The Balaban J connectivity index is 1.90. The van der Waals surface area contributed by atoms with Crippen LogP contribution in [-0.4, -0.2) is 27.7 Å². The fourth-order valence-electron chi connectivity index (χ4n) is 2.19. The second-order valence-corrected chi connectivity index (χ2v) is 5.35. The fraction of sp³-hybridized carbons (Fsp3) is 0.636. The number of nitrogen functional groups attached to an aromatic ring is 1. The van der Waals surface area contributed by atoms with Crippen LogP contribution in [0.1, 0.15) is 25.7 Å². The van der Waals surface area contributed by atoms with Gasteiger partial charge in [-0.05, 0) is 41.1 Å². The highest BCUT2D eigenvalue weighted by molar-refractivity contribution is 9.10. The molecule has 2 atom stereocenters. The Labute approximate surface area is 109 Å². The number of hydrogen-bond donors (Lipinski definition) is 3. The number of halogens is 1. The van der Waals surface area contributed by atoms with Gasteiger partial charge in [-0.3, -0.25) is 0 Å². The fourth-order valence-corrected chi connectivity index (χ4v) is 2.52. The minimum Gasteiger partial charge on any atom is -0.393 e. The van der Waals surface area contributed by atoms with E-state index >= 15 is 0 Å². The molecular formula is C11H17BrN4O. The van der Waals surface area contributed by atoms with E-state index in [0.717, 1.165) is 42.5 Å². The first-order valence-corrected chi connectivity index (χ1v) is 6.64. The van der Waals surface area contributed by atoms with Gasteiger partial charge < -0.3 is 16.2 Å². The minimum absolute atomic E-state index is 0.144. The molecule has 17 heavy (non-hydrogen) atoms. The van der Waals surface area contributed by atoms with Crippen molar-refractivity contribution >= 4 is 27.7 Å². The number of hydrogen-bond acceptors (Lipinski definition) is 5. The lowest BCUT2D eigenvalue weighted by atomic mass is 9.87. The van der Waals surface area contributed by atoms with Crippen molar-refractivity contribution in [3.63, 3.8) is 0 Å². The smallest absolute Gasteiger partial charge is 0.221 e. The number of nitrogens with one attached hydrogen (secondary N) is 1. The second kappa shape index (κ2) is 5.64. The molecule has 2 rings (SSSR count). The normalized spacial score (nSPS) is 24.6. The zero-order valence-corrected chi connectivity index (χ0v) is 11.2. The third-order valence-electron chi connectivity index (χ3n) is 3.08. The summed E-state index contributed by atoms with van der Waals surface area (Å²) < 4.78 is 0.808. The molecule has 1 aromatic heterocycles. The maximum atomic E-state index is 9.59. The van der Waals surface area contributed by atoms with Crippen LogP contribution in [0.15, 0.2) is 10.7 Å². The van der Waals surface area contributed by atoms with Gasteiger partial charge in [-0.25, -0.2) is 4.98 Å². The zero-order valence-electron chi connectivity index (χ0n) is 9.56. The van der Waals surface area contributed by atoms with E-state index in [-0.39, 0.29) is 12.1 Å². The molecule has 1 aromatic rings. The summed E-state index contributed by atoms with van der Waals surface area (Å²) in [5.74, 6) is 1.48. The summed E-state index contributed by atoms with van der Waals surface area (Å²) in [6.45, 7) is 0.812. The van der Waals surface area contributed by atoms with Crippen molar-refractivity contribution in [3.05, 3.63) is 10.7 Å². The van der Waals surface area contributed by atoms with Crippen LogP contribution in [0.25, 0.3) is 0 Å². The summed E-state index contributed by atoms with van der Waals surface area (Å²) in [6, 6.07) is 0. The summed E-state index contributed by atoms with van der Waals surface area (Å²) >= 11 is 3.37. The highest BCUT2D eigenvalue weighted by Crippen LogP contribution is 2.25. The van der Waals surface area contributed by atoms with E-state index in [4.69, 9.17) is 5.73 Å². The monoisotopic (exact) mass is 300 g/mol. The molecule has 0 saturated heterocycles. The first kappa shape index (κ1) is 12.6. The molecule has 0 amide bonds. The molecule has 5 nitrogen and oxygen atoms in total. The van der Waals surface area contributed by atoms with Gasteiger partial charge in [0.25, 0.3) is 0 Å². The van der Waals surface area contributed by atoms with E-state index in [1.807, 2.05) is 0 Å². The number of nitrogens with zero attached hydrogens (tertiary/aromatic N) is 2. The summed E-state index contributed by atoms with van der Waals surface area (Å²) in [5, 5.41) is 12.8. The standard InChI is InChI=1S/C11H17BrN4O/c12-9-6-15-11(13)16-10(9)14-5-7-2-1-3-8(17)4-7/h6-8,17H,1-5H2,(H3,13,14,15,16). The van der Waals surface area contributed by atoms with Gasteiger partial charge in [0.2, 0.25) is 5.95 Å². The average molecular weight is 301 g/mol. The van der Waals surface area contributed by atoms with Gasteiger partial charge in [-0.2, -0.15) is 4.98 Å². The quantitative estimate of drug-likeness (QED) is 0.792. The van der Waals surface area contributed by atoms with E-state index in [2.05, 4.69) is 31.2 Å². The number of aliphatic hydroxyl groups is 1. The maximum Gasteiger partial charge on any atom is 0.221 e. The van der Waals surface area contributed by atoms with Crippen LogP contribution < -0.4 is 11.1 Å². The topological polar surface area (TPSA) is 84.1 Å². The van der Waals surface area contributed by atoms with Gasteiger partial charge in [-0.1, -0.05) is 6.42 Å². The number of rotatable bonds is 3. The van der Waals surface area contributed by atoms with Crippen molar-refractivity contribution in [2.24, 2.45) is 5.92 Å². The van der Waals surface area contributed by atoms with Crippen LogP contribution in [0.2, 0.25) is 0 Å². The first-order valence-electron chi connectivity index (χ1n) is 5.85. The number of nitrogens with two attached hydrogens (primary N) is 1. The highest BCUT2D eigenvalue weighted by atomic mass is 79.9. The lowest BCUT2D eigenvalue weighted by Gasteiger charge is -2.26. The van der Waals surface area contributed by atoms with E-state index in [1.54, 1.807) is 6.20 Å². The molecule has 0 spiro atoms. The molecule has 1 aliphatic rings. The molecule has 0 aromatic carbocycles. The zero-order chi connectivity index (χ0) is 12.3. The van der Waals surface area contributed by atoms with Crippen molar-refractivity contribution < 1.29 is 5.11 Å². The molecule has 6 heteroatoms. The SMILES string of the molecule is Nc1ncc(Br)c(NCC2CCCC(O)C2)n1. The minimum atomic E-state index is -0.144. The van der Waals surface area contributed by atoms with E-state index in [1.165, 1.54) is 0 Å². The van der Waals surface area contributed by atoms with Gasteiger partial charge in [0.1, 0.15) is 5.82 Å². The van der Waals surface area contributed by atoms with E-state index in [9.17, 15) is 5.11 Å². The maximum absolute atomic E-state index is 9.59. The largest absolute Gasteiger partial charge is 0.393 e. The summed E-state index contributed by atoms with van der Waals surface area (Å²) in [7, 11) is 0. The van der Waals surface area contributed by atoms with Crippen LogP contribution in [0.5, 0.6) is 0 Å². The van der Waals surface area contributed by atoms with Crippen molar-refractivity contribution in [2.75, 3.05) is 17.6 Å². The molecule has 1 heterocycles. The Kier molecular flexibility index (Phi) is 4.17. The summed E-state index contributed by atoms with van der Waals surface area (Å²) in [4.78, 5) is 8.01. The molecule has 2 unspecified atom stereocenters. The van der Waals surface area contributed by atoms with Crippen LogP contribution in [0.3, 0.4) is 0 Å². The van der Waals surface area contributed by atoms with Crippen LogP contribution >= 0.6 is 15.9 Å². The van der Waals surface area contributed by atoms with Gasteiger partial charge >= 0.3 is 0 Å². The van der Waals surface area contributed by atoms with Crippen molar-refractivity contribution in [1.82, 2.24) is 9.97 Å². The molecule has 0 bridgehead atoms. The number of aromatic nitrogens is 2. The Morgan fingerprint density at radius 3 is 3.12 bits per heavy atom. The van der Waals surface area contributed by atoms with Crippen LogP contribution in [-0.2, 0) is 0 Å². The lowest BCUT2D eigenvalue weighted by molar-refractivity contribution is 0.104. The third-order valence-corrected chi connectivity index (χ3v) is 3.66. The Morgan fingerprint density at radius 2 is 2.35 bits per heavy atom. The second-order valence-electron chi connectivity index (χ2n) is 4.49. The van der Waals surface area contributed by atoms with Crippen molar-refractivity contribution in [2.45, 2.75) is 31.8 Å². The van der Waals surface area contributed by atoms with E-state index in [0.29, 0.717) is 5.92 Å². The predicted molar refractivity (Wildman–Crippen MR) is 70.6 cm³/mol. The molecule has 1 aliphatic carbocycles. The lowest BCUT2D eigenvalue weighted by Crippen LogP contribution is -2.25. The molecule has 0 aliphatic heterocycles. The summed E-state index contributed by atoms with van der Waals surface area (Å²) in [6.07, 6.45) is 5.55. The molecular weight excluding hydrogens is 284 g/mol.